The van der Waals surface area contributed by atoms with Crippen molar-refractivity contribution in [1.82, 2.24) is 5.32 Å². The van der Waals surface area contributed by atoms with Gasteiger partial charge in [-0.3, -0.25) is 14.4 Å². The molecule has 2 aromatic rings. The number of hydrogen-bond acceptors (Lipinski definition) is 6. The van der Waals surface area contributed by atoms with Crippen molar-refractivity contribution in [3.63, 3.8) is 0 Å². The van der Waals surface area contributed by atoms with Crippen molar-refractivity contribution in [2.24, 2.45) is 0 Å². The van der Waals surface area contributed by atoms with Crippen molar-refractivity contribution in [2.45, 2.75) is 32.2 Å². The first kappa shape index (κ1) is 20.3. The lowest BCUT2D eigenvalue weighted by molar-refractivity contribution is -0.120. The minimum absolute atomic E-state index is 0.0219. The van der Waals surface area contributed by atoms with E-state index in [0.29, 0.717) is 0 Å². The third-order valence-electron chi connectivity index (χ3n) is 4.90. The molecular weight excluding hydrogens is 374 g/mol. The summed E-state index contributed by atoms with van der Waals surface area (Å²) in [6.45, 7) is 5.11. The number of ether oxygens (including phenoxy) is 2. The summed E-state index contributed by atoms with van der Waals surface area (Å²) in [5.41, 5.74) is -0.727. The molecule has 0 saturated heterocycles. The zero-order chi connectivity index (χ0) is 21.3. The van der Waals surface area contributed by atoms with Gasteiger partial charge in [0.05, 0.1) is 7.11 Å². The summed E-state index contributed by atoms with van der Waals surface area (Å²) in [6, 6.07) is 11.2. The number of ketones is 2. The van der Waals surface area contributed by atoms with Gasteiger partial charge in [0, 0.05) is 23.6 Å². The topological polar surface area (TPSA) is 98.8 Å². The molecule has 0 aliphatic heterocycles. The van der Waals surface area contributed by atoms with E-state index in [0.717, 1.165) is 12.7 Å². The van der Waals surface area contributed by atoms with Gasteiger partial charge in [-0.15, -0.1) is 0 Å². The molecule has 3 rings (SSSR count). The average molecular weight is 395 g/mol. The molecule has 7 heteroatoms. The number of methoxy groups -OCH3 is 1. The van der Waals surface area contributed by atoms with Gasteiger partial charge in [-0.2, -0.15) is 0 Å². The number of amides is 1. The smallest absolute Gasteiger partial charge is 0.437 e. The molecule has 29 heavy (non-hydrogen) atoms. The Hall–Kier alpha value is -3.48. The van der Waals surface area contributed by atoms with E-state index in [1.165, 1.54) is 25.1 Å². The molecule has 0 aromatic heterocycles. The van der Waals surface area contributed by atoms with Crippen LogP contribution >= 0.6 is 0 Å². The number of benzene rings is 2. The molecule has 0 bridgehead atoms. The van der Waals surface area contributed by atoms with Gasteiger partial charge < -0.3 is 14.8 Å². The van der Waals surface area contributed by atoms with E-state index in [2.05, 4.69) is 10.1 Å². The van der Waals surface area contributed by atoms with Crippen molar-refractivity contribution in [3.05, 3.63) is 64.7 Å². The molecule has 0 atom stereocenters. The average Bonchev–Trinajstić information content (AvgIpc) is 2.90. The largest absolute Gasteiger partial charge is 0.513 e. The summed E-state index contributed by atoms with van der Waals surface area (Å²) in [7, 11) is 1.15. The van der Waals surface area contributed by atoms with Gasteiger partial charge in [-0.05, 0) is 17.5 Å². The van der Waals surface area contributed by atoms with Crippen LogP contribution in [0.1, 0.15) is 58.5 Å². The summed E-state index contributed by atoms with van der Waals surface area (Å²) in [4.78, 5) is 50.6. The standard InChI is InChI=1S/C22H21NO6/c1-12(2)14-9-10-17(18(11-14)29-21(27)28-4)22(23-13(3)24)19(25)15-7-5-6-8-16(15)20(22)26/h5-12H,1-4H3,(H,23,24). The summed E-state index contributed by atoms with van der Waals surface area (Å²) >= 11 is 0. The molecule has 0 saturated carbocycles. The van der Waals surface area contributed by atoms with Crippen LogP contribution in [0.25, 0.3) is 0 Å². The van der Waals surface area contributed by atoms with E-state index in [9.17, 15) is 19.2 Å². The molecule has 1 N–H and O–H groups in total. The number of hydrogen-bond donors (Lipinski definition) is 1. The van der Waals surface area contributed by atoms with Crippen molar-refractivity contribution in [1.29, 1.82) is 0 Å². The van der Waals surface area contributed by atoms with Crippen molar-refractivity contribution in [2.75, 3.05) is 7.11 Å². The molecule has 7 nitrogen and oxygen atoms in total. The van der Waals surface area contributed by atoms with Crippen LogP contribution in [0.4, 0.5) is 4.79 Å². The van der Waals surface area contributed by atoms with Crippen LogP contribution in [0.15, 0.2) is 42.5 Å². The van der Waals surface area contributed by atoms with Crippen LogP contribution in [-0.2, 0) is 15.1 Å². The van der Waals surface area contributed by atoms with Gasteiger partial charge in [0.15, 0.2) is 5.54 Å². The Morgan fingerprint density at radius 1 is 1.00 bits per heavy atom. The lowest BCUT2D eigenvalue weighted by Gasteiger charge is -2.29. The summed E-state index contributed by atoms with van der Waals surface area (Å²) in [5.74, 6) is -1.67. The highest BCUT2D eigenvalue weighted by Crippen LogP contribution is 2.42. The Kier molecular flexibility index (Phi) is 5.24. The number of Topliss-reactive ketones (excluding diaryl/α,β-unsaturated/α-hetero) is 2. The normalized spacial score (nSPS) is 14.5. The third-order valence-corrected chi connectivity index (χ3v) is 4.90. The predicted octanol–water partition coefficient (Wildman–Crippen LogP) is 3.37. The minimum Gasteiger partial charge on any atom is -0.437 e. The van der Waals surface area contributed by atoms with E-state index >= 15 is 0 Å². The monoisotopic (exact) mass is 395 g/mol. The maximum absolute atomic E-state index is 13.4. The van der Waals surface area contributed by atoms with E-state index in [-0.39, 0.29) is 28.4 Å². The summed E-state index contributed by atoms with van der Waals surface area (Å²) < 4.78 is 9.87. The Bertz CT molecular complexity index is 989. The number of carbonyl (C=O) groups excluding carboxylic acids is 4. The molecule has 0 unspecified atom stereocenters. The van der Waals surface area contributed by atoms with Crippen LogP contribution < -0.4 is 10.1 Å². The van der Waals surface area contributed by atoms with Crippen LogP contribution in [0, 0.1) is 0 Å². The lowest BCUT2D eigenvalue weighted by atomic mass is 9.83. The number of rotatable bonds is 4. The summed E-state index contributed by atoms with van der Waals surface area (Å²) in [5, 5.41) is 2.53. The molecule has 0 spiro atoms. The van der Waals surface area contributed by atoms with Crippen LogP contribution in [-0.4, -0.2) is 30.7 Å². The van der Waals surface area contributed by atoms with Crippen LogP contribution in [0.2, 0.25) is 0 Å². The Morgan fingerprint density at radius 2 is 1.59 bits per heavy atom. The summed E-state index contributed by atoms with van der Waals surface area (Å²) in [6.07, 6.45) is -0.999. The molecular formula is C22H21NO6. The van der Waals surface area contributed by atoms with Crippen molar-refractivity contribution < 1.29 is 28.7 Å². The maximum atomic E-state index is 13.4. The van der Waals surface area contributed by atoms with E-state index in [1.54, 1.807) is 24.3 Å². The first-order valence-corrected chi connectivity index (χ1v) is 9.10. The second kappa shape index (κ2) is 7.50. The number of nitrogens with one attached hydrogen (secondary N) is 1. The van der Waals surface area contributed by atoms with Gasteiger partial charge in [-0.1, -0.05) is 50.2 Å². The molecule has 1 aliphatic rings. The second-order valence-corrected chi connectivity index (χ2v) is 7.10. The molecule has 0 radical (unpaired) electrons. The molecule has 1 amide bonds. The number of fused-ring (bicyclic) bond motifs is 1. The highest BCUT2D eigenvalue weighted by molar-refractivity contribution is 6.34. The first-order valence-electron chi connectivity index (χ1n) is 9.10. The molecule has 0 heterocycles. The van der Waals surface area contributed by atoms with Gasteiger partial charge in [0.2, 0.25) is 17.5 Å². The highest BCUT2D eigenvalue weighted by Gasteiger charge is 2.56. The minimum atomic E-state index is -2.02. The number of carbonyl (C=O) groups is 4. The van der Waals surface area contributed by atoms with Gasteiger partial charge in [0.1, 0.15) is 5.75 Å². The van der Waals surface area contributed by atoms with Crippen molar-refractivity contribution in [3.8, 4) is 5.75 Å². The Balaban J connectivity index is 2.29. The van der Waals surface area contributed by atoms with Crippen LogP contribution in [0.5, 0.6) is 5.75 Å². The fourth-order valence-electron chi connectivity index (χ4n) is 3.50. The predicted molar refractivity (Wildman–Crippen MR) is 104 cm³/mol. The van der Waals surface area contributed by atoms with E-state index < -0.39 is 29.2 Å². The highest BCUT2D eigenvalue weighted by atomic mass is 16.7. The van der Waals surface area contributed by atoms with Crippen molar-refractivity contribution >= 4 is 23.6 Å². The second-order valence-electron chi connectivity index (χ2n) is 7.10. The van der Waals surface area contributed by atoms with E-state index in [4.69, 9.17) is 4.74 Å². The van der Waals surface area contributed by atoms with E-state index in [1.807, 2.05) is 13.8 Å². The van der Waals surface area contributed by atoms with Crippen LogP contribution in [0.3, 0.4) is 0 Å². The van der Waals surface area contributed by atoms with Gasteiger partial charge >= 0.3 is 6.16 Å². The maximum Gasteiger partial charge on any atom is 0.513 e. The zero-order valence-corrected chi connectivity index (χ0v) is 16.6. The zero-order valence-electron chi connectivity index (χ0n) is 16.6. The molecule has 1 aliphatic carbocycles. The van der Waals surface area contributed by atoms with Gasteiger partial charge in [-0.25, -0.2) is 4.79 Å². The SMILES string of the molecule is COC(=O)Oc1cc(C(C)C)ccc1C1(NC(C)=O)C(=O)c2ccccc2C1=O. The Labute approximate surface area is 168 Å². The Morgan fingerprint density at radius 3 is 2.07 bits per heavy atom. The fourth-order valence-corrected chi connectivity index (χ4v) is 3.50. The molecule has 0 fully saturated rings. The molecule has 2 aromatic carbocycles. The third kappa shape index (κ3) is 3.29. The van der Waals surface area contributed by atoms with Gasteiger partial charge in [0.25, 0.3) is 0 Å². The lowest BCUT2D eigenvalue weighted by Crippen LogP contribution is -2.53. The fraction of sp³-hybridized carbons (Fsp3) is 0.273. The first-order chi connectivity index (χ1) is 13.7. The molecule has 150 valence electrons. The quantitative estimate of drug-likeness (QED) is 0.484.